The van der Waals surface area contributed by atoms with E-state index < -0.39 is 23.7 Å². The number of halogens is 1. The Balaban J connectivity index is 2.89. The topological polar surface area (TPSA) is 67.4 Å². The van der Waals surface area contributed by atoms with Crippen LogP contribution < -0.4 is 10.6 Å². The smallest absolute Gasteiger partial charge is 0.328 e. The molecule has 6 heteroatoms. The van der Waals surface area contributed by atoms with Crippen LogP contribution in [0, 0.1) is 24.1 Å². The molecule has 0 bridgehead atoms. The molecule has 0 spiro atoms. The summed E-state index contributed by atoms with van der Waals surface area (Å²) in [7, 11) is 1.23. The lowest BCUT2D eigenvalue weighted by Crippen LogP contribution is -2.45. The van der Waals surface area contributed by atoms with E-state index in [0.717, 1.165) is 0 Å². The Morgan fingerprint density at radius 3 is 2.59 bits per heavy atom. The van der Waals surface area contributed by atoms with Gasteiger partial charge in [-0.05, 0) is 24.1 Å². The van der Waals surface area contributed by atoms with Crippen molar-refractivity contribution >= 4 is 17.6 Å². The standard InChI is InChI=1S/C16H19FN2O3/c1-5-8-18-11-6-7-12(13(17)9-11)15(20)19-14(10(2)3)16(21)22-4/h1,6-7,9-10,14,18H,8H2,2-4H3,(H,19,20)/t14-/m0/s1. The minimum absolute atomic E-state index is 0.152. The third-order valence-electron chi connectivity index (χ3n) is 3.02. The molecule has 1 rings (SSSR count). The van der Waals surface area contributed by atoms with E-state index in [9.17, 15) is 14.0 Å². The highest BCUT2D eigenvalue weighted by Gasteiger charge is 2.26. The van der Waals surface area contributed by atoms with Gasteiger partial charge in [-0.15, -0.1) is 6.42 Å². The third kappa shape index (κ3) is 4.48. The average molecular weight is 306 g/mol. The monoisotopic (exact) mass is 306 g/mol. The van der Waals surface area contributed by atoms with E-state index in [4.69, 9.17) is 6.42 Å². The molecule has 1 atom stereocenters. The van der Waals surface area contributed by atoms with Crippen LogP contribution in [0.4, 0.5) is 10.1 Å². The molecule has 0 aliphatic heterocycles. The molecule has 0 saturated carbocycles. The van der Waals surface area contributed by atoms with Crippen molar-refractivity contribution in [2.75, 3.05) is 19.0 Å². The number of carbonyl (C=O) groups excluding carboxylic acids is 2. The fraction of sp³-hybridized carbons (Fsp3) is 0.375. The lowest BCUT2D eigenvalue weighted by molar-refractivity contribution is -0.144. The Morgan fingerprint density at radius 1 is 1.41 bits per heavy atom. The molecular weight excluding hydrogens is 287 g/mol. The predicted octanol–water partition coefficient (Wildman–Crippen LogP) is 1.80. The van der Waals surface area contributed by atoms with Crippen LogP contribution in [0.1, 0.15) is 24.2 Å². The summed E-state index contributed by atoms with van der Waals surface area (Å²) in [5.41, 5.74) is 0.321. The summed E-state index contributed by atoms with van der Waals surface area (Å²) < 4.78 is 18.6. The molecule has 1 amide bonds. The van der Waals surface area contributed by atoms with E-state index in [1.165, 1.54) is 25.3 Å². The first-order valence-electron chi connectivity index (χ1n) is 6.76. The lowest BCUT2D eigenvalue weighted by atomic mass is 10.0. The molecule has 0 radical (unpaired) electrons. The second-order valence-corrected chi connectivity index (χ2v) is 4.97. The van der Waals surface area contributed by atoms with Gasteiger partial charge in [0.05, 0.1) is 19.2 Å². The number of rotatable bonds is 6. The van der Waals surface area contributed by atoms with Crippen LogP contribution in [0.15, 0.2) is 18.2 Å². The van der Waals surface area contributed by atoms with Gasteiger partial charge in [-0.1, -0.05) is 19.8 Å². The molecule has 0 aromatic heterocycles. The fourth-order valence-electron chi connectivity index (χ4n) is 1.81. The first-order chi connectivity index (χ1) is 10.4. The molecular formula is C16H19FN2O3. The first kappa shape index (κ1) is 17.5. The fourth-order valence-corrected chi connectivity index (χ4v) is 1.81. The summed E-state index contributed by atoms with van der Waals surface area (Å²) in [4.78, 5) is 23.7. The molecule has 0 aliphatic carbocycles. The van der Waals surface area contributed by atoms with E-state index in [2.05, 4.69) is 21.3 Å². The second-order valence-electron chi connectivity index (χ2n) is 4.97. The number of methoxy groups -OCH3 is 1. The number of benzene rings is 1. The van der Waals surface area contributed by atoms with Gasteiger partial charge in [-0.3, -0.25) is 4.79 Å². The quantitative estimate of drug-likeness (QED) is 0.621. The minimum atomic E-state index is -0.837. The number of nitrogens with one attached hydrogen (secondary N) is 2. The minimum Gasteiger partial charge on any atom is -0.467 e. The molecule has 22 heavy (non-hydrogen) atoms. The van der Waals surface area contributed by atoms with Crippen molar-refractivity contribution in [3.8, 4) is 12.3 Å². The molecule has 0 fully saturated rings. The second kappa shape index (κ2) is 8.03. The van der Waals surface area contributed by atoms with Gasteiger partial charge < -0.3 is 15.4 Å². The van der Waals surface area contributed by atoms with Gasteiger partial charge in [0.2, 0.25) is 0 Å². The van der Waals surface area contributed by atoms with E-state index in [1.54, 1.807) is 13.8 Å². The number of esters is 1. The zero-order valence-corrected chi connectivity index (χ0v) is 12.8. The highest BCUT2D eigenvalue weighted by molar-refractivity contribution is 5.97. The third-order valence-corrected chi connectivity index (χ3v) is 3.02. The normalized spacial score (nSPS) is 11.5. The number of anilines is 1. The van der Waals surface area contributed by atoms with E-state index in [0.29, 0.717) is 5.69 Å². The summed E-state index contributed by atoms with van der Waals surface area (Å²) in [5, 5.41) is 5.29. The van der Waals surface area contributed by atoms with Crippen molar-refractivity contribution in [3.63, 3.8) is 0 Å². The largest absolute Gasteiger partial charge is 0.467 e. The van der Waals surface area contributed by atoms with E-state index in [1.807, 2.05) is 0 Å². The molecule has 5 nitrogen and oxygen atoms in total. The Morgan fingerprint density at radius 2 is 2.09 bits per heavy atom. The molecule has 1 aromatic carbocycles. The van der Waals surface area contributed by atoms with Crippen molar-refractivity contribution in [1.82, 2.24) is 5.32 Å². The van der Waals surface area contributed by atoms with Gasteiger partial charge in [-0.25, -0.2) is 9.18 Å². The van der Waals surface area contributed by atoms with Crippen molar-refractivity contribution in [2.45, 2.75) is 19.9 Å². The zero-order valence-electron chi connectivity index (χ0n) is 12.8. The molecule has 0 unspecified atom stereocenters. The Labute approximate surface area is 129 Å². The Kier molecular flexibility index (Phi) is 6.39. The highest BCUT2D eigenvalue weighted by atomic mass is 19.1. The van der Waals surface area contributed by atoms with Crippen LogP contribution in [0.5, 0.6) is 0 Å². The molecule has 0 aliphatic rings. The number of terminal acetylenes is 1. The zero-order chi connectivity index (χ0) is 16.7. The molecule has 0 heterocycles. The van der Waals surface area contributed by atoms with Crippen molar-refractivity contribution in [2.24, 2.45) is 5.92 Å². The molecule has 118 valence electrons. The molecule has 1 aromatic rings. The number of hydrogen-bond acceptors (Lipinski definition) is 4. The van der Waals surface area contributed by atoms with E-state index >= 15 is 0 Å². The van der Waals surface area contributed by atoms with Gasteiger partial charge in [0.15, 0.2) is 0 Å². The Hall–Kier alpha value is -2.55. The van der Waals surface area contributed by atoms with Gasteiger partial charge in [0.1, 0.15) is 11.9 Å². The van der Waals surface area contributed by atoms with Gasteiger partial charge in [0, 0.05) is 5.69 Å². The SMILES string of the molecule is C#CCNc1ccc(C(=O)N[C@H](C(=O)OC)C(C)C)c(F)c1. The maximum Gasteiger partial charge on any atom is 0.328 e. The van der Waals surface area contributed by atoms with Crippen molar-refractivity contribution < 1.29 is 18.7 Å². The molecule has 0 saturated heterocycles. The van der Waals surface area contributed by atoms with Crippen LogP contribution in [-0.2, 0) is 9.53 Å². The summed E-state index contributed by atoms with van der Waals surface area (Å²) >= 11 is 0. The maximum absolute atomic E-state index is 14.0. The van der Waals surface area contributed by atoms with Crippen LogP contribution in [0.25, 0.3) is 0 Å². The van der Waals surface area contributed by atoms with Crippen LogP contribution in [0.2, 0.25) is 0 Å². The summed E-state index contributed by atoms with van der Waals surface area (Å²) in [6.07, 6.45) is 5.10. The number of amides is 1. The van der Waals surface area contributed by atoms with Crippen molar-refractivity contribution in [3.05, 3.63) is 29.6 Å². The van der Waals surface area contributed by atoms with Crippen LogP contribution >= 0.6 is 0 Å². The highest BCUT2D eigenvalue weighted by Crippen LogP contribution is 2.15. The lowest BCUT2D eigenvalue weighted by Gasteiger charge is -2.20. The van der Waals surface area contributed by atoms with Gasteiger partial charge >= 0.3 is 5.97 Å². The maximum atomic E-state index is 14.0. The summed E-state index contributed by atoms with van der Waals surface area (Å²) in [6.45, 7) is 3.76. The summed E-state index contributed by atoms with van der Waals surface area (Å²) in [5.74, 6) is 0.231. The number of ether oxygens (including phenoxy) is 1. The number of hydrogen-bond donors (Lipinski definition) is 2. The van der Waals surface area contributed by atoms with Gasteiger partial charge in [-0.2, -0.15) is 0 Å². The Bertz CT molecular complexity index is 594. The van der Waals surface area contributed by atoms with Crippen LogP contribution in [0.3, 0.4) is 0 Å². The number of carbonyl (C=O) groups is 2. The first-order valence-corrected chi connectivity index (χ1v) is 6.76. The summed E-state index contributed by atoms with van der Waals surface area (Å²) in [6, 6.07) is 3.21. The average Bonchev–Trinajstić information content (AvgIpc) is 2.49. The van der Waals surface area contributed by atoms with Gasteiger partial charge in [0.25, 0.3) is 5.91 Å². The predicted molar refractivity (Wildman–Crippen MR) is 81.8 cm³/mol. The molecule has 2 N–H and O–H groups in total. The van der Waals surface area contributed by atoms with Crippen molar-refractivity contribution in [1.29, 1.82) is 0 Å². The van der Waals surface area contributed by atoms with E-state index in [-0.39, 0.29) is 18.0 Å². The van der Waals surface area contributed by atoms with Crippen LogP contribution in [-0.4, -0.2) is 31.6 Å².